The van der Waals surface area contributed by atoms with Crippen LogP contribution in [-0.2, 0) is 4.74 Å². The van der Waals surface area contributed by atoms with Gasteiger partial charge in [0.1, 0.15) is 0 Å². The average molecular weight is 482 g/mol. The van der Waals surface area contributed by atoms with Crippen LogP contribution in [-0.4, -0.2) is 61.5 Å². The van der Waals surface area contributed by atoms with E-state index < -0.39 is 0 Å². The summed E-state index contributed by atoms with van der Waals surface area (Å²) < 4.78 is 6.30. The third kappa shape index (κ3) is 9.60. The van der Waals surface area contributed by atoms with Crippen molar-refractivity contribution in [3.05, 3.63) is 71.8 Å². The highest BCUT2D eigenvalue weighted by molar-refractivity contribution is 5.96. The predicted molar refractivity (Wildman–Crippen MR) is 137 cm³/mol. The number of carbonyl (C=O) groups is 1. The normalized spacial score (nSPS) is 15.6. The summed E-state index contributed by atoms with van der Waals surface area (Å²) in [6.45, 7) is 11.1. The molecule has 0 N–H and O–H groups in total. The Morgan fingerprint density at radius 3 is 2.03 bits per heavy atom. The van der Waals surface area contributed by atoms with E-state index in [0.717, 1.165) is 57.9 Å². The molecule has 3 rings (SSSR count). The van der Waals surface area contributed by atoms with Crippen LogP contribution in [0.2, 0.25) is 0 Å². The molecule has 178 valence electrons. The van der Waals surface area contributed by atoms with E-state index >= 15 is 0 Å². The first-order chi connectivity index (χ1) is 14.6. The third-order valence-electron chi connectivity index (χ3n) is 5.83. The van der Waals surface area contributed by atoms with Crippen molar-refractivity contribution < 1.29 is 9.53 Å². The van der Waals surface area contributed by atoms with Gasteiger partial charge in [-0.3, -0.25) is 9.69 Å². The molecule has 1 fully saturated rings. The molecule has 1 unspecified atom stereocenters. The molecule has 4 nitrogen and oxygen atoms in total. The number of halogens is 2. The smallest absolute Gasteiger partial charge is 0.164 e. The van der Waals surface area contributed by atoms with Gasteiger partial charge in [0.25, 0.3) is 0 Å². The lowest BCUT2D eigenvalue weighted by Gasteiger charge is -2.36. The maximum atomic E-state index is 12.3. The molecule has 2 aromatic rings. The lowest BCUT2D eigenvalue weighted by molar-refractivity contribution is 0.00799. The SMILES string of the molecule is CC(C)CCOC(CN1CCN(CCC(=O)c2ccccc2)CC1)c1ccccc1.Cl.Cl. The lowest BCUT2D eigenvalue weighted by Crippen LogP contribution is -2.48. The number of hydrogen-bond acceptors (Lipinski definition) is 4. The summed E-state index contributed by atoms with van der Waals surface area (Å²) in [5.74, 6) is 0.893. The molecule has 1 saturated heterocycles. The topological polar surface area (TPSA) is 32.8 Å². The van der Waals surface area contributed by atoms with Crippen LogP contribution in [0.5, 0.6) is 0 Å². The van der Waals surface area contributed by atoms with Crippen molar-refractivity contribution in [3.8, 4) is 0 Å². The predicted octanol–water partition coefficient (Wildman–Crippen LogP) is 5.52. The standard InChI is InChI=1S/C26H36N2O2.2ClH/c1-22(2)14-20-30-26(24-11-7-4-8-12-24)21-28-18-16-27(17-19-28)15-13-25(29)23-9-5-3-6-10-23;;/h3-12,22,26H,13-21H2,1-2H3;2*1H. The molecular weight excluding hydrogens is 443 g/mol. The Morgan fingerprint density at radius 1 is 0.875 bits per heavy atom. The summed E-state index contributed by atoms with van der Waals surface area (Å²) >= 11 is 0. The Morgan fingerprint density at radius 2 is 1.44 bits per heavy atom. The van der Waals surface area contributed by atoms with Crippen LogP contribution in [0.1, 0.15) is 48.7 Å². The molecule has 1 aliphatic heterocycles. The fraction of sp³-hybridized carbons (Fsp3) is 0.500. The molecule has 0 aliphatic carbocycles. The molecule has 0 bridgehead atoms. The number of benzene rings is 2. The Kier molecular flexibility index (Phi) is 13.8. The minimum Gasteiger partial charge on any atom is -0.372 e. The Hall–Kier alpha value is -1.43. The Labute approximate surface area is 206 Å². The van der Waals surface area contributed by atoms with Gasteiger partial charge >= 0.3 is 0 Å². The van der Waals surface area contributed by atoms with Crippen LogP contribution in [0.3, 0.4) is 0 Å². The third-order valence-corrected chi connectivity index (χ3v) is 5.83. The fourth-order valence-corrected chi connectivity index (χ4v) is 3.83. The molecule has 1 heterocycles. The van der Waals surface area contributed by atoms with Crippen LogP contribution >= 0.6 is 24.8 Å². The first-order valence-corrected chi connectivity index (χ1v) is 11.3. The molecule has 0 amide bonds. The quantitative estimate of drug-likeness (QED) is 0.396. The molecule has 32 heavy (non-hydrogen) atoms. The highest BCUT2D eigenvalue weighted by Gasteiger charge is 2.22. The zero-order valence-electron chi connectivity index (χ0n) is 19.3. The van der Waals surface area contributed by atoms with Crippen molar-refractivity contribution in [2.75, 3.05) is 45.9 Å². The van der Waals surface area contributed by atoms with E-state index in [0.29, 0.717) is 12.3 Å². The summed E-state index contributed by atoms with van der Waals surface area (Å²) in [4.78, 5) is 17.3. The van der Waals surface area contributed by atoms with E-state index in [-0.39, 0.29) is 36.7 Å². The van der Waals surface area contributed by atoms with E-state index in [1.807, 2.05) is 30.3 Å². The van der Waals surface area contributed by atoms with Gasteiger partial charge in [-0.1, -0.05) is 74.5 Å². The van der Waals surface area contributed by atoms with Gasteiger partial charge in [0.2, 0.25) is 0 Å². The van der Waals surface area contributed by atoms with Crippen molar-refractivity contribution >= 4 is 30.6 Å². The van der Waals surface area contributed by atoms with E-state index in [1.54, 1.807) is 0 Å². The molecule has 2 aromatic carbocycles. The summed E-state index contributed by atoms with van der Waals surface area (Å²) in [5.41, 5.74) is 2.08. The number of hydrogen-bond donors (Lipinski definition) is 0. The molecule has 0 spiro atoms. The van der Waals surface area contributed by atoms with Crippen LogP contribution in [0, 0.1) is 5.92 Å². The highest BCUT2D eigenvalue weighted by atomic mass is 35.5. The number of nitrogens with zero attached hydrogens (tertiary/aromatic N) is 2. The molecule has 0 aromatic heterocycles. The lowest BCUT2D eigenvalue weighted by atomic mass is 10.1. The largest absolute Gasteiger partial charge is 0.372 e. The first kappa shape index (κ1) is 28.6. The molecule has 1 aliphatic rings. The van der Waals surface area contributed by atoms with E-state index in [1.165, 1.54) is 5.56 Å². The zero-order chi connectivity index (χ0) is 21.2. The van der Waals surface area contributed by atoms with Crippen LogP contribution in [0.15, 0.2) is 60.7 Å². The monoisotopic (exact) mass is 480 g/mol. The molecule has 1 atom stereocenters. The number of piperazine rings is 1. The van der Waals surface area contributed by atoms with Crippen molar-refractivity contribution in [3.63, 3.8) is 0 Å². The Balaban J connectivity index is 0.00000256. The summed E-state index contributed by atoms with van der Waals surface area (Å²) in [6, 6.07) is 20.2. The van der Waals surface area contributed by atoms with Gasteiger partial charge in [0.15, 0.2) is 5.78 Å². The maximum Gasteiger partial charge on any atom is 0.164 e. The molecular formula is C26H38Cl2N2O2. The second kappa shape index (κ2) is 15.4. The number of Topliss-reactive ketones (excluding diaryl/α,β-unsaturated/α-hetero) is 1. The molecule has 0 saturated carbocycles. The van der Waals surface area contributed by atoms with Crippen LogP contribution < -0.4 is 0 Å². The van der Waals surface area contributed by atoms with Crippen LogP contribution in [0.25, 0.3) is 0 Å². The molecule has 0 radical (unpaired) electrons. The van der Waals surface area contributed by atoms with Crippen molar-refractivity contribution in [2.45, 2.75) is 32.8 Å². The van der Waals surface area contributed by atoms with Crippen molar-refractivity contribution in [1.82, 2.24) is 9.80 Å². The average Bonchev–Trinajstić information content (AvgIpc) is 2.78. The molecule has 6 heteroatoms. The number of rotatable bonds is 11. The summed E-state index contributed by atoms with van der Waals surface area (Å²) in [6.07, 6.45) is 1.80. The second-order valence-electron chi connectivity index (χ2n) is 8.63. The van der Waals surface area contributed by atoms with Gasteiger partial charge in [-0.2, -0.15) is 0 Å². The van der Waals surface area contributed by atoms with Crippen molar-refractivity contribution in [1.29, 1.82) is 0 Å². The minimum absolute atomic E-state index is 0. The van der Waals surface area contributed by atoms with E-state index in [4.69, 9.17) is 4.74 Å². The van der Waals surface area contributed by atoms with E-state index in [9.17, 15) is 4.79 Å². The van der Waals surface area contributed by atoms with Gasteiger partial charge in [-0.15, -0.1) is 24.8 Å². The summed E-state index contributed by atoms with van der Waals surface area (Å²) in [7, 11) is 0. The van der Waals surface area contributed by atoms with Gasteiger partial charge in [-0.05, 0) is 17.9 Å². The number of carbonyl (C=O) groups excluding carboxylic acids is 1. The van der Waals surface area contributed by atoms with E-state index in [2.05, 4.69) is 54.0 Å². The van der Waals surface area contributed by atoms with Crippen LogP contribution in [0.4, 0.5) is 0 Å². The van der Waals surface area contributed by atoms with Crippen molar-refractivity contribution in [2.24, 2.45) is 5.92 Å². The maximum absolute atomic E-state index is 12.3. The number of ketones is 1. The van der Waals surface area contributed by atoms with Gasteiger partial charge in [0, 0.05) is 57.9 Å². The van der Waals surface area contributed by atoms with Gasteiger partial charge in [-0.25, -0.2) is 0 Å². The van der Waals surface area contributed by atoms with Gasteiger partial charge < -0.3 is 9.64 Å². The zero-order valence-corrected chi connectivity index (χ0v) is 21.0. The van der Waals surface area contributed by atoms with Gasteiger partial charge in [0.05, 0.1) is 6.10 Å². The highest BCUT2D eigenvalue weighted by Crippen LogP contribution is 2.20. The fourth-order valence-electron chi connectivity index (χ4n) is 3.83. The minimum atomic E-state index is 0. The second-order valence-corrected chi connectivity index (χ2v) is 8.63. The number of ether oxygens (including phenoxy) is 1. The summed E-state index contributed by atoms with van der Waals surface area (Å²) in [5, 5.41) is 0. The first-order valence-electron chi connectivity index (χ1n) is 11.3. The Bertz CT molecular complexity index is 751.